The van der Waals surface area contributed by atoms with Gasteiger partial charge in [0.2, 0.25) is 0 Å². The molecule has 2 heteroatoms. The van der Waals surface area contributed by atoms with Crippen molar-refractivity contribution in [3.8, 4) is 12.3 Å². The summed E-state index contributed by atoms with van der Waals surface area (Å²) in [5.74, 6) is 2.26. The number of hydrogen-bond donors (Lipinski definition) is 0. The van der Waals surface area contributed by atoms with Gasteiger partial charge in [-0.05, 0) is 19.8 Å². The molecule has 0 atom stereocenters. The Morgan fingerprint density at radius 3 is 2.93 bits per heavy atom. The molecule has 0 saturated heterocycles. The third-order valence-electron chi connectivity index (χ3n) is 1.46. The van der Waals surface area contributed by atoms with Crippen LogP contribution < -0.4 is 0 Å². The first-order chi connectivity index (χ1) is 6.81. The maximum Gasteiger partial charge on any atom is 0.330 e. The Bertz CT molecular complexity index is 244. The zero-order valence-electron chi connectivity index (χ0n) is 8.53. The second kappa shape index (κ2) is 9.60. The fourth-order valence-electron chi connectivity index (χ4n) is 0.821. The van der Waals surface area contributed by atoms with Crippen molar-refractivity contribution in [2.24, 2.45) is 0 Å². The molecule has 0 fully saturated rings. The normalized spacial score (nSPS) is 10.6. The van der Waals surface area contributed by atoms with Crippen LogP contribution in [0, 0.1) is 12.3 Å². The monoisotopic (exact) mass is 192 g/mol. The molecule has 0 heterocycles. The molecule has 0 aliphatic heterocycles. The smallest absolute Gasteiger partial charge is 0.330 e. The Hall–Kier alpha value is -1.49. The van der Waals surface area contributed by atoms with Crippen LogP contribution in [0.15, 0.2) is 24.3 Å². The number of allylic oxidation sites excluding steroid dienone is 3. The molecule has 0 aliphatic rings. The second-order valence-corrected chi connectivity index (χ2v) is 2.64. The van der Waals surface area contributed by atoms with Gasteiger partial charge in [-0.25, -0.2) is 4.79 Å². The lowest BCUT2D eigenvalue weighted by atomic mass is 10.2. The molecule has 0 saturated carbocycles. The summed E-state index contributed by atoms with van der Waals surface area (Å²) in [7, 11) is 0. The average molecular weight is 192 g/mol. The predicted octanol–water partition coefficient (Wildman–Crippen LogP) is 2.47. The van der Waals surface area contributed by atoms with E-state index in [4.69, 9.17) is 11.2 Å². The lowest BCUT2D eigenvalue weighted by Crippen LogP contribution is -1.98. The molecule has 0 aromatic carbocycles. The van der Waals surface area contributed by atoms with Gasteiger partial charge in [-0.3, -0.25) is 0 Å². The topological polar surface area (TPSA) is 26.3 Å². The summed E-state index contributed by atoms with van der Waals surface area (Å²) in [6.07, 6.45) is 14.7. The van der Waals surface area contributed by atoms with Crippen LogP contribution in [0.4, 0.5) is 0 Å². The summed E-state index contributed by atoms with van der Waals surface area (Å²) in [5.41, 5.74) is 0. The van der Waals surface area contributed by atoms with Gasteiger partial charge in [0, 0.05) is 12.5 Å². The molecule has 0 aliphatic carbocycles. The number of rotatable bonds is 6. The molecule has 0 unspecified atom stereocenters. The molecule has 0 amide bonds. The van der Waals surface area contributed by atoms with Gasteiger partial charge in [0.05, 0.1) is 6.61 Å². The highest BCUT2D eigenvalue weighted by Crippen LogP contribution is 1.95. The second-order valence-electron chi connectivity index (χ2n) is 2.64. The largest absolute Gasteiger partial charge is 0.463 e. The molecule has 0 rings (SSSR count). The number of ether oxygens (including phenoxy) is 1. The predicted molar refractivity (Wildman–Crippen MR) is 57.6 cm³/mol. The van der Waals surface area contributed by atoms with E-state index in [0.29, 0.717) is 6.61 Å². The minimum absolute atomic E-state index is 0.305. The Morgan fingerprint density at radius 1 is 1.50 bits per heavy atom. The number of esters is 1. The molecule has 0 N–H and O–H groups in total. The first-order valence-corrected chi connectivity index (χ1v) is 4.74. The van der Waals surface area contributed by atoms with E-state index in [2.05, 4.69) is 5.92 Å². The van der Waals surface area contributed by atoms with Crippen LogP contribution in [0.5, 0.6) is 0 Å². The molecule has 2 nitrogen and oxygen atoms in total. The van der Waals surface area contributed by atoms with Crippen molar-refractivity contribution < 1.29 is 9.53 Å². The van der Waals surface area contributed by atoms with E-state index in [1.54, 1.807) is 13.0 Å². The quantitative estimate of drug-likeness (QED) is 0.212. The van der Waals surface area contributed by atoms with Crippen LogP contribution in [0.3, 0.4) is 0 Å². The molecule has 0 aromatic heterocycles. The third-order valence-corrected chi connectivity index (χ3v) is 1.46. The van der Waals surface area contributed by atoms with E-state index in [9.17, 15) is 4.79 Å². The van der Waals surface area contributed by atoms with Gasteiger partial charge in [-0.15, -0.1) is 12.3 Å². The minimum atomic E-state index is -0.305. The van der Waals surface area contributed by atoms with E-state index in [1.165, 1.54) is 6.08 Å². The summed E-state index contributed by atoms with van der Waals surface area (Å²) in [6, 6.07) is 0. The highest BCUT2D eigenvalue weighted by molar-refractivity contribution is 5.82. The van der Waals surface area contributed by atoms with Crippen molar-refractivity contribution >= 4 is 5.97 Å². The van der Waals surface area contributed by atoms with Crippen LogP contribution in [0.25, 0.3) is 0 Å². The zero-order chi connectivity index (χ0) is 10.6. The van der Waals surface area contributed by atoms with E-state index in [0.717, 1.165) is 19.3 Å². The SMILES string of the molecule is C#CCCC/C=C/C=C/C(=O)OCC. The van der Waals surface area contributed by atoms with Gasteiger partial charge in [0.15, 0.2) is 0 Å². The van der Waals surface area contributed by atoms with Crippen molar-refractivity contribution in [2.45, 2.75) is 26.2 Å². The van der Waals surface area contributed by atoms with E-state index in [1.807, 2.05) is 12.2 Å². The average Bonchev–Trinajstić information content (AvgIpc) is 2.17. The van der Waals surface area contributed by atoms with Gasteiger partial charge in [-0.1, -0.05) is 18.2 Å². The lowest BCUT2D eigenvalue weighted by molar-refractivity contribution is -0.137. The Morgan fingerprint density at radius 2 is 2.29 bits per heavy atom. The van der Waals surface area contributed by atoms with Crippen molar-refractivity contribution in [3.05, 3.63) is 24.3 Å². The number of carbonyl (C=O) groups excluding carboxylic acids is 1. The molecule has 0 radical (unpaired) electrons. The molecular weight excluding hydrogens is 176 g/mol. The fourth-order valence-corrected chi connectivity index (χ4v) is 0.821. The Balaban J connectivity index is 3.51. The lowest BCUT2D eigenvalue weighted by Gasteiger charge is -1.92. The molecule has 0 spiro atoms. The van der Waals surface area contributed by atoms with E-state index < -0.39 is 0 Å². The van der Waals surface area contributed by atoms with Gasteiger partial charge < -0.3 is 4.74 Å². The highest BCUT2D eigenvalue weighted by Gasteiger charge is 1.89. The van der Waals surface area contributed by atoms with Gasteiger partial charge in [0.1, 0.15) is 0 Å². The van der Waals surface area contributed by atoms with Gasteiger partial charge in [-0.2, -0.15) is 0 Å². The molecule has 0 aromatic rings. The first-order valence-electron chi connectivity index (χ1n) is 4.74. The van der Waals surface area contributed by atoms with Crippen molar-refractivity contribution in [1.29, 1.82) is 0 Å². The number of terminal acetylenes is 1. The molecule has 0 bridgehead atoms. The fraction of sp³-hybridized carbons (Fsp3) is 0.417. The van der Waals surface area contributed by atoms with Crippen molar-refractivity contribution in [1.82, 2.24) is 0 Å². The van der Waals surface area contributed by atoms with E-state index >= 15 is 0 Å². The Labute approximate surface area is 85.6 Å². The minimum Gasteiger partial charge on any atom is -0.463 e. The first kappa shape index (κ1) is 12.5. The van der Waals surface area contributed by atoms with Crippen molar-refractivity contribution in [2.75, 3.05) is 6.61 Å². The van der Waals surface area contributed by atoms with Crippen LogP contribution in [-0.4, -0.2) is 12.6 Å². The van der Waals surface area contributed by atoms with Crippen LogP contribution >= 0.6 is 0 Å². The highest BCUT2D eigenvalue weighted by atomic mass is 16.5. The summed E-state index contributed by atoms with van der Waals surface area (Å²) in [4.78, 5) is 10.8. The molecule has 76 valence electrons. The summed E-state index contributed by atoms with van der Waals surface area (Å²) in [6.45, 7) is 2.19. The van der Waals surface area contributed by atoms with E-state index in [-0.39, 0.29) is 5.97 Å². The number of hydrogen-bond acceptors (Lipinski definition) is 2. The molecule has 14 heavy (non-hydrogen) atoms. The van der Waals surface area contributed by atoms with Crippen LogP contribution in [0.2, 0.25) is 0 Å². The number of carbonyl (C=O) groups is 1. The summed E-state index contributed by atoms with van der Waals surface area (Å²) in [5, 5.41) is 0. The van der Waals surface area contributed by atoms with Gasteiger partial charge >= 0.3 is 5.97 Å². The molecular formula is C12H16O2. The Kier molecular flexibility index (Phi) is 8.58. The summed E-state index contributed by atoms with van der Waals surface area (Å²) < 4.78 is 4.70. The standard InChI is InChI=1S/C12H16O2/c1-3-5-6-7-8-9-10-11-12(13)14-4-2/h1,8-11H,4-7H2,2H3/b9-8+,11-10+. The van der Waals surface area contributed by atoms with Crippen molar-refractivity contribution in [3.63, 3.8) is 0 Å². The zero-order valence-corrected chi connectivity index (χ0v) is 8.53. The number of unbranched alkanes of at least 4 members (excludes halogenated alkanes) is 2. The maximum atomic E-state index is 10.8. The third kappa shape index (κ3) is 8.61. The summed E-state index contributed by atoms with van der Waals surface area (Å²) >= 11 is 0. The maximum absolute atomic E-state index is 10.8. The van der Waals surface area contributed by atoms with Crippen LogP contribution in [-0.2, 0) is 9.53 Å². The van der Waals surface area contributed by atoms with Gasteiger partial charge in [0.25, 0.3) is 0 Å². The van der Waals surface area contributed by atoms with Crippen LogP contribution in [0.1, 0.15) is 26.2 Å².